The van der Waals surface area contributed by atoms with Gasteiger partial charge in [-0.2, -0.15) is 0 Å². The van der Waals surface area contributed by atoms with E-state index in [1.54, 1.807) is 6.07 Å². The Morgan fingerprint density at radius 1 is 1.29 bits per heavy atom. The summed E-state index contributed by atoms with van der Waals surface area (Å²) in [6.45, 7) is 2.50. The molecule has 0 amide bonds. The number of rotatable bonds is 6. The fourth-order valence-corrected chi connectivity index (χ4v) is 2.03. The summed E-state index contributed by atoms with van der Waals surface area (Å²) in [7, 11) is 4.09. The van der Waals surface area contributed by atoms with Crippen LogP contribution in [0.25, 0.3) is 0 Å². The molecule has 0 heterocycles. The Hall–Kier alpha value is -0.480. The molecule has 0 radical (unpaired) electrons. The molecule has 3 nitrogen and oxygen atoms in total. The monoisotopic (exact) mass is 276 g/mol. The highest BCUT2D eigenvalue weighted by Crippen LogP contribution is 2.30. The number of hydrogen-bond donors (Lipinski definition) is 2. The molecule has 1 aromatic carbocycles. The second-order valence-electron chi connectivity index (χ2n) is 4.23. The van der Waals surface area contributed by atoms with Crippen LogP contribution in [0.15, 0.2) is 12.1 Å². The van der Waals surface area contributed by atoms with Crippen LogP contribution in [0.2, 0.25) is 10.0 Å². The van der Waals surface area contributed by atoms with Crippen LogP contribution in [0, 0.1) is 0 Å². The van der Waals surface area contributed by atoms with Gasteiger partial charge in [-0.1, -0.05) is 23.2 Å². The minimum absolute atomic E-state index is 0.108. The molecule has 0 aliphatic carbocycles. The van der Waals surface area contributed by atoms with Crippen molar-refractivity contribution in [3.63, 3.8) is 0 Å². The highest BCUT2D eigenvalue weighted by atomic mass is 35.5. The maximum atomic E-state index is 9.73. The number of nitrogens with zero attached hydrogens (tertiary/aromatic N) is 1. The zero-order valence-electron chi connectivity index (χ0n) is 10.1. The van der Waals surface area contributed by atoms with Crippen LogP contribution in [0.4, 0.5) is 0 Å². The number of phenols is 1. The summed E-state index contributed by atoms with van der Waals surface area (Å²) in [4.78, 5) is 2.13. The van der Waals surface area contributed by atoms with Crippen molar-refractivity contribution in [1.82, 2.24) is 10.2 Å². The van der Waals surface area contributed by atoms with E-state index in [0.717, 1.165) is 25.1 Å². The molecule has 0 saturated carbocycles. The summed E-state index contributed by atoms with van der Waals surface area (Å²) < 4.78 is 0. The summed E-state index contributed by atoms with van der Waals surface area (Å²) in [5.74, 6) is 0.108. The van der Waals surface area contributed by atoms with Gasteiger partial charge in [0.2, 0.25) is 0 Å². The number of halogens is 2. The lowest BCUT2D eigenvalue weighted by atomic mass is 10.2. The van der Waals surface area contributed by atoms with E-state index in [0.29, 0.717) is 16.6 Å². The van der Waals surface area contributed by atoms with Crippen molar-refractivity contribution in [2.24, 2.45) is 0 Å². The van der Waals surface area contributed by atoms with E-state index in [1.165, 1.54) is 6.07 Å². The van der Waals surface area contributed by atoms with Gasteiger partial charge < -0.3 is 15.3 Å². The molecular formula is C12H18Cl2N2O. The van der Waals surface area contributed by atoms with Crippen molar-refractivity contribution in [1.29, 1.82) is 0 Å². The van der Waals surface area contributed by atoms with E-state index in [1.807, 2.05) is 14.1 Å². The van der Waals surface area contributed by atoms with Gasteiger partial charge in [0.15, 0.2) is 0 Å². The molecule has 1 aromatic rings. The van der Waals surface area contributed by atoms with Gasteiger partial charge in [-0.3, -0.25) is 0 Å². The normalized spacial score (nSPS) is 11.1. The zero-order valence-corrected chi connectivity index (χ0v) is 11.6. The van der Waals surface area contributed by atoms with Crippen molar-refractivity contribution in [2.75, 3.05) is 27.2 Å². The topological polar surface area (TPSA) is 35.5 Å². The lowest BCUT2D eigenvalue weighted by Crippen LogP contribution is -2.21. The van der Waals surface area contributed by atoms with E-state index in [-0.39, 0.29) is 5.75 Å². The number of aromatic hydroxyl groups is 1. The summed E-state index contributed by atoms with van der Waals surface area (Å²) in [5, 5.41) is 13.8. The lowest BCUT2D eigenvalue weighted by Gasteiger charge is -2.11. The molecule has 2 N–H and O–H groups in total. The molecule has 0 unspecified atom stereocenters. The molecule has 0 aliphatic heterocycles. The lowest BCUT2D eigenvalue weighted by molar-refractivity contribution is 0.393. The Labute approximate surface area is 112 Å². The van der Waals surface area contributed by atoms with Crippen LogP contribution in [0.5, 0.6) is 5.75 Å². The van der Waals surface area contributed by atoms with Gasteiger partial charge in [-0.05, 0) is 45.7 Å². The summed E-state index contributed by atoms with van der Waals surface area (Å²) >= 11 is 11.7. The SMILES string of the molecule is CN(C)CCCNCc1cc(Cl)cc(Cl)c1O. The first kappa shape index (κ1) is 14.6. The van der Waals surface area contributed by atoms with Crippen molar-refractivity contribution in [3.05, 3.63) is 27.7 Å². The highest BCUT2D eigenvalue weighted by Gasteiger charge is 2.07. The number of hydrogen-bond acceptors (Lipinski definition) is 3. The quantitative estimate of drug-likeness (QED) is 0.785. The predicted octanol–water partition coefficient (Wildman–Crippen LogP) is 2.74. The largest absolute Gasteiger partial charge is 0.506 e. The van der Waals surface area contributed by atoms with Gasteiger partial charge in [0.25, 0.3) is 0 Å². The van der Waals surface area contributed by atoms with Crippen molar-refractivity contribution < 1.29 is 5.11 Å². The van der Waals surface area contributed by atoms with Gasteiger partial charge in [0, 0.05) is 17.1 Å². The molecule has 17 heavy (non-hydrogen) atoms. The highest BCUT2D eigenvalue weighted by molar-refractivity contribution is 6.35. The molecule has 96 valence electrons. The first-order valence-corrected chi connectivity index (χ1v) is 6.28. The number of phenolic OH excluding ortho intramolecular Hbond substituents is 1. The van der Waals surface area contributed by atoms with Gasteiger partial charge >= 0.3 is 0 Å². The van der Waals surface area contributed by atoms with E-state index in [9.17, 15) is 5.11 Å². The van der Waals surface area contributed by atoms with Crippen LogP contribution < -0.4 is 5.32 Å². The van der Waals surface area contributed by atoms with Crippen LogP contribution in [-0.2, 0) is 6.54 Å². The van der Waals surface area contributed by atoms with Crippen LogP contribution in [0.3, 0.4) is 0 Å². The Kier molecular flexibility index (Phi) is 6.06. The minimum Gasteiger partial charge on any atom is -0.506 e. The van der Waals surface area contributed by atoms with Gasteiger partial charge in [0.1, 0.15) is 5.75 Å². The number of benzene rings is 1. The van der Waals surface area contributed by atoms with Crippen molar-refractivity contribution in [2.45, 2.75) is 13.0 Å². The first-order valence-electron chi connectivity index (χ1n) is 5.53. The summed E-state index contributed by atoms with van der Waals surface area (Å²) in [6, 6.07) is 3.26. The Morgan fingerprint density at radius 3 is 2.65 bits per heavy atom. The third-order valence-electron chi connectivity index (χ3n) is 2.38. The molecule has 0 bridgehead atoms. The fourth-order valence-electron chi connectivity index (χ4n) is 1.50. The third-order valence-corrected chi connectivity index (χ3v) is 2.89. The number of nitrogens with one attached hydrogen (secondary N) is 1. The molecule has 0 atom stereocenters. The molecule has 0 aromatic heterocycles. The Bertz CT molecular complexity index is 370. The first-order chi connectivity index (χ1) is 8.00. The van der Waals surface area contributed by atoms with Crippen LogP contribution in [-0.4, -0.2) is 37.2 Å². The van der Waals surface area contributed by atoms with Crippen molar-refractivity contribution >= 4 is 23.2 Å². The summed E-state index contributed by atoms with van der Waals surface area (Å²) in [5.41, 5.74) is 0.729. The van der Waals surface area contributed by atoms with E-state index in [2.05, 4.69) is 10.2 Å². The molecule has 0 spiro atoms. The van der Waals surface area contributed by atoms with Gasteiger partial charge in [-0.25, -0.2) is 0 Å². The molecule has 0 aliphatic rings. The zero-order chi connectivity index (χ0) is 12.8. The Morgan fingerprint density at radius 2 is 2.00 bits per heavy atom. The average Bonchev–Trinajstić information content (AvgIpc) is 2.23. The van der Waals surface area contributed by atoms with Gasteiger partial charge in [0.05, 0.1) is 5.02 Å². The Balaban J connectivity index is 2.41. The van der Waals surface area contributed by atoms with E-state index >= 15 is 0 Å². The average molecular weight is 277 g/mol. The minimum atomic E-state index is 0.108. The molecule has 1 rings (SSSR count). The second-order valence-corrected chi connectivity index (χ2v) is 5.07. The molecule has 0 saturated heterocycles. The summed E-state index contributed by atoms with van der Waals surface area (Å²) in [6.07, 6.45) is 1.06. The van der Waals surface area contributed by atoms with Crippen molar-refractivity contribution in [3.8, 4) is 5.75 Å². The maximum absolute atomic E-state index is 9.73. The van der Waals surface area contributed by atoms with E-state index in [4.69, 9.17) is 23.2 Å². The standard InChI is InChI=1S/C12H18Cl2N2O/c1-16(2)5-3-4-15-8-9-6-10(13)7-11(14)12(9)17/h6-7,15,17H,3-5,8H2,1-2H3. The van der Waals surface area contributed by atoms with E-state index < -0.39 is 0 Å². The van der Waals surface area contributed by atoms with Crippen LogP contribution in [0.1, 0.15) is 12.0 Å². The maximum Gasteiger partial charge on any atom is 0.138 e. The smallest absolute Gasteiger partial charge is 0.138 e. The fraction of sp³-hybridized carbons (Fsp3) is 0.500. The second kappa shape index (κ2) is 7.07. The van der Waals surface area contributed by atoms with Crippen LogP contribution >= 0.6 is 23.2 Å². The molecular weight excluding hydrogens is 259 g/mol. The third kappa shape index (κ3) is 5.13. The van der Waals surface area contributed by atoms with Gasteiger partial charge in [-0.15, -0.1) is 0 Å². The molecule has 5 heteroatoms. The molecule has 0 fully saturated rings. The predicted molar refractivity (Wildman–Crippen MR) is 73.0 cm³/mol.